The third kappa shape index (κ3) is 6.02. The van der Waals surface area contributed by atoms with Gasteiger partial charge in [-0.2, -0.15) is 0 Å². The van der Waals surface area contributed by atoms with Gasteiger partial charge in [-0.25, -0.2) is 4.98 Å². The molecule has 1 aliphatic carbocycles. The van der Waals surface area contributed by atoms with Crippen LogP contribution in [0.25, 0.3) is 0 Å². The van der Waals surface area contributed by atoms with Crippen LogP contribution in [-0.2, 0) is 12.8 Å². The Labute approximate surface area is 155 Å². The largest absolute Gasteiger partial charge is 0.357 e. The smallest absolute Gasteiger partial charge is 0.191 e. The van der Waals surface area contributed by atoms with Gasteiger partial charge in [0, 0.05) is 30.4 Å². The molecule has 4 nitrogen and oxygen atoms in total. The second-order valence-electron chi connectivity index (χ2n) is 5.60. The van der Waals surface area contributed by atoms with Gasteiger partial charge in [-0.05, 0) is 33.1 Å². The average Bonchev–Trinajstić information content (AvgIpc) is 3.08. The van der Waals surface area contributed by atoms with Gasteiger partial charge in [-0.3, -0.25) is 4.99 Å². The van der Waals surface area contributed by atoms with E-state index < -0.39 is 0 Å². The predicted molar refractivity (Wildman–Crippen MR) is 107 cm³/mol. The lowest BCUT2D eigenvalue weighted by molar-refractivity contribution is 0.614. The molecule has 1 fully saturated rings. The van der Waals surface area contributed by atoms with Crippen LogP contribution < -0.4 is 10.6 Å². The summed E-state index contributed by atoms with van der Waals surface area (Å²) in [7, 11) is 0. The Morgan fingerprint density at radius 1 is 1.32 bits per heavy atom. The molecule has 0 atom stereocenters. The zero-order chi connectivity index (χ0) is 15.1. The van der Waals surface area contributed by atoms with Crippen LogP contribution in [0.4, 0.5) is 0 Å². The van der Waals surface area contributed by atoms with Crippen molar-refractivity contribution in [3.63, 3.8) is 0 Å². The van der Waals surface area contributed by atoms with Crippen LogP contribution in [0.1, 0.15) is 55.1 Å². The molecule has 0 bridgehead atoms. The van der Waals surface area contributed by atoms with Crippen LogP contribution >= 0.6 is 35.3 Å². The van der Waals surface area contributed by atoms with E-state index in [0.29, 0.717) is 6.04 Å². The van der Waals surface area contributed by atoms with Crippen LogP contribution in [-0.4, -0.2) is 30.1 Å². The SMILES string of the molecule is CCNC(=NCCc1nc(CC)c(C)s1)NC1CCCC1.I. The summed E-state index contributed by atoms with van der Waals surface area (Å²) in [5, 5.41) is 8.11. The third-order valence-electron chi connectivity index (χ3n) is 3.91. The highest BCUT2D eigenvalue weighted by molar-refractivity contribution is 14.0. The fourth-order valence-electron chi connectivity index (χ4n) is 2.77. The summed E-state index contributed by atoms with van der Waals surface area (Å²) in [5.41, 5.74) is 1.25. The molecule has 0 saturated heterocycles. The van der Waals surface area contributed by atoms with Crippen molar-refractivity contribution in [3.8, 4) is 0 Å². The van der Waals surface area contributed by atoms with Crippen LogP contribution in [0.5, 0.6) is 0 Å². The minimum atomic E-state index is 0. The Morgan fingerprint density at radius 3 is 2.64 bits per heavy atom. The Bertz CT molecular complexity index is 467. The van der Waals surface area contributed by atoms with E-state index >= 15 is 0 Å². The minimum absolute atomic E-state index is 0. The zero-order valence-corrected chi connectivity index (χ0v) is 17.1. The fraction of sp³-hybridized carbons (Fsp3) is 0.750. The van der Waals surface area contributed by atoms with E-state index in [-0.39, 0.29) is 24.0 Å². The number of nitrogens with one attached hydrogen (secondary N) is 2. The van der Waals surface area contributed by atoms with E-state index in [1.54, 1.807) is 0 Å². The lowest BCUT2D eigenvalue weighted by Crippen LogP contribution is -2.42. The van der Waals surface area contributed by atoms with Gasteiger partial charge >= 0.3 is 0 Å². The normalized spacial score (nSPS) is 15.7. The van der Waals surface area contributed by atoms with Crippen LogP contribution in [0.3, 0.4) is 0 Å². The lowest BCUT2D eigenvalue weighted by atomic mass is 10.2. The fourth-order valence-corrected chi connectivity index (χ4v) is 3.78. The number of nitrogens with zero attached hydrogens (tertiary/aromatic N) is 2. The van der Waals surface area contributed by atoms with Gasteiger partial charge in [-0.15, -0.1) is 35.3 Å². The molecule has 1 aliphatic rings. The Kier molecular flexibility index (Phi) is 9.31. The molecule has 2 N–H and O–H groups in total. The zero-order valence-electron chi connectivity index (χ0n) is 13.9. The van der Waals surface area contributed by atoms with Gasteiger partial charge in [0.15, 0.2) is 5.96 Å². The number of hydrogen-bond acceptors (Lipinski definition) is 3. The van der Waals surface area contributed by atoms with Gasteiger partial charge in [0.25, 0.3) is 0 Å². The molecule has 0 unspecified atom stereocenters. The highest BCUT2D eigenvalue weighted by Crippen LogP contribution is 2.19. The van der Waals surface area contributed by atoms with Gasteiger partial charge in [0.1, 0.15) is 0 Å². The summed E-state index contributed by atoms with van der Waals surface area (Å²) >= 11 is 1.82. The van der Waals surface area contributed by atoms with Gasteiger partial charge in [0.05, 0.1) is 10.7 Å². The number of hydrogen-bond donors (Lipinski definition) is 2. The lowest BCUT2D eigenvalue weighted by Gasteiger charge is -2.16. The summed E-state index contributed by atoms with van der Waals surface area (Å²) in [6.07, 6.45) is 7.20. The van der Waals surface area contributed by atoms with Crippen molar-refractivity contribution in [1.29, 1.82) is 0 Å². The van der Waals surface area contributed by atoms with Crippen molar-refractivity contribution in [2.75, 3.05) is 13.1 Å². The molecular formula is C16H29IN4S. The highest BCUT2D eigenvalue weighted by atomic mass is 127. The standard InChI is InChI=1S/C16H28N4S.HI/c1-4-14-12(3)21-15(20-14)10-11-18-16(17-5-2)19-13-8-6-7-9-13;/h13H,4-11H2,1-3H3,(H2,17,18,19);1H. The molecule has 1 heterocycles. The van der Waals surface area contributed by atoms with E-state index in [9.17, 15) is 0 Å². The number of aryl methyl sites for hydroxylation is 2. The van der Waals surface area contributed by atoms with Crippen molar-refractivity contribution in [1.82, 2.24) is 15.6 Å². The third-order valence-corrected chi connectivity index (χ3v) is 4.98. The maximum absolute atomic E-state index is 4.70. The number of rotatable bonds is 6. The monoisotopic (exact) mass is 436 g/mol. The van der Waals surface area contributed by atoms with E-state index in [4.69, 9.17) is 4.99 Å². The number of aliphatic imine (C=N–C) groups is 1. The van der Waals surface area contributed by atoms with Crippen molar-refractivity contribution >= 4 is 41.3 Å². The van der Waals surface area contributed by atoms with Crippen molar-refractivity contribution in [3.05, 3.63) is 15.6 Å². The molecule has 1 saturated carbocycles. The number of guanidine groups is 1. The molecule has 1 aromatic rings. The summed E-state index contributed by atoms with van der Waals surface area (Å²) < 4.78 is 0. The Morgan fingerprint density at radius 2 is 2.05 bits per heavy atom. The van der Waals surface area contributed by atoms with E-state index in [0.717, 1.165) is 31.9 Å². The first kappa shape index (κ1) is 19.7. The average molecular weight is 436 g/mol. The van der Waals surface area contributed by atoms with Crippen LogP contribution in [0.15, 0.2) is 4.99 Å². The first-order valence-electron chi connectivity index (χ1n) is 8.23. The quantitative estimate of drug-likeness (QED) is 0.407. The molecule has 0 amide bonds. The Hall–Kier alpha value is -0.370. The molecule has 2 rings (SSSR count). The first-order valence-corrected chi connectivity index (χ1v) is 9.04. The molecule has 22 heavy (non-hydrogen) atoms. The molecule has 126 valence electrons. The molecular weight excluding hydrogens is 407 g/mol. The summed E-state index contributed by atoms with van der Waals surface area (Å²) in [5.74, 6) is 0.966. The first-order chi connectivity index (χ1) is 10.2. The molecule has 0 aliphatic heterocycles. The van der Waals surface area contributed by atoms with Crippen molar-refractivity contribution in [2.24, 2.45) is 4.99 Å². The summed E-state index contributed by atoms with van der Waals surface area (Å²) in [4.78, 5) is 10.7. The molecule has 0 aromatic carbocycles. The maximum Gasteiger partial charge on any atom is 0.191 e. The van der Waals surface area contributed by atoms with E-state index in [1.165, 1.54) is 41.3 Å². The van der Waals surface area contributed by atoms with Gasteiger partial charge in [0.2, 0.25) is 0 Å². The van der Waals surface area contributed by atoms with E-state index in [1.807, 2.05) is 11.3 Å². The molecule has 6 heteroatoms. The molecule has 0 radical (unpaired) electrons. The van der Waals surface area contributed by atoms with E-state index in [2.05, 4.69) is 36.4 Å². The second kappa shape index (κ2) is 10.4. The van der Waals surface area contributed by atoms with Crippen molar-refractivity contribution in [2.45, 2.75) is 65.3 Å². The van der Waals surface area contributed by atoms with Crippen LogP contribution in [0.2, 0.25) is 0 Å². The van der Waals surface area contributed by atoms with Crippen molar-refractivity contribution < 1.29 is 0 Å². The van der Waals surface area contributed by atoms with Gasteiger partial charge in [-0.1, -0.05) is 19.8 Å². The molecule has 0 spiro atoms. The highest BCUT2D eigenvalue weighted by Gasteiger charge is 2.15. The maximum atomic E-state index is 4.70. The second-order valence-corrected chi connectivity index (χ2v) is 6.89. The summed E-state index contributed by atoms with van der Waals surface area (Å²) in [6.45, 7) is 8.16. The summed E-state index contributed by atoms with van der Waals surface area (Å²) in [6, 6.07) is 0.608. The number of halogens is 1. The predicted octanol–water partition coefficient (Wildman–Crippen LogP) is 3.67. The number of thiazole rings is 1. The Balaban J connectivity index is 0.00000242. The minimum Gasteiger partial charge on any atom is -0.357 e. The van der Waals surface area contributed by atoms with Crippen LogP contribution in [0, 0.1) is 6.92 Å². The topological polar surface area (TPSA) is 49.3 Å². The number of aromatic nitrogens is 1. The van der Waals surface area contributed by atoms with Gasteiger partial charge < -0.3 is 10.6 Å². The molecule has 1 aromatic heterocycles.